The van der Waals surface area contributed by atoms with E-state index in [2.05, 4.69) is 32.9 Å². The van der Waals surface area contributed by atoms with Crippen LogP contribution in [-0.2, 0) is 0 Å². The molecule has 74 valence electrons. The number of halogens is 1. The van der Waals surface area contributed by atoms with Crippen LogP contribution in [0.25, 0.3) is 5.65 Å². The monoisotopic (exact) mass is 254 g/mol. The molecular formula is C9H11BrN4. The van der Waals surface area contributed by atoms with E-state index in [-0.39, 0.29) is 0 Å². The lowest BCUT2D eigenvalue weighted by atomic mass is 10.5. The van der Waals surface area contributed by atoms with Gasteiger partial charge in [0.05, 0.1) is 0 Å². The van der Waals surface area contributed by atoms with Crippen molar-refractivity contribution in [2.24, 2.45) is 0 Å². The van der Waals surface area contributed by atoms with Crippen LogP contribution in [0.4, 0.5) is 5.95 Å². The summed E-state index contributed by atoms with van der Waals surface area (Å²) in [6, 6.07) is 3.89. The lowest BCUT2D eigenvalue weighted by Gasteiger charge is -2.09. The van der Waals surface area contributed by atoms with E-state index in [1.54, 1.807) is 4.52 Å². The molecule has 2 aromatic heterocycles. The van der Waals surface area contributed by atoms with E-state index in [0.717, 1.165) is 22.6 Å². The van der Waals surface area contributed by atoms with Gasteiger partial charge in [-0.05, 0) is 19.1 Å². The van der Waals surface area contributed by atoms with Gasteiger partial charge in [0.2, 0.25) is 5.95 Å². The van der Waals surface area contributed by atoms with Crippen LogP contribution in [0.3, 0.4) is 0 Å². The van der Waals surface area contributed by atoms with Crippen LogP contribution >= 0.6 is 15.9 Å². The number of hydrogen-bond acceptors (Lipinski definition) is 3. The average Bonchev–Trinajstić information content (AvgIpc) is 2.59. The van der Waals surface area contributed by atoms with Gasteiger partial charge in [-0.1, -0.05) is 15.9 Å². The van der Waals surface area contributed by atoms with Crippen molar-refractivity contribution in [3.63, 3.8) is 0 Å². The fourth-order valence-electron chi connectivity index (χ4n) is 1.15. The van der Waals surface area contributed by atoms with E-state index < -0.39 is 0 Å². The lowest BCUT2D eigenvalue weighted by molar-refractivity contribution is 0.877. The van der Waals surface area contributed by atoms with Crippen molar-refractivity contribution in [2.75, 3.05) is 18.5 Å². The fourth-order valence-corrected chi connectivity index (χ4v) is 1.47. The quantitative estimate of drug-likeness (QED) is 0.822. The number of rotatable bonds is 2. The van der Waals surface area contributed by atoms with E-state index >= 15 is 0 Å². The average molecular weight is 255 g/mol. The van der Waals surface area contributed by atoms with Crippen molar-refractivity contribution in [1.82, 2.24) is 14.6 Å². The molecule has 2 heterocycles. The van der Waals surface area contributed by atoms with Gasteiger partial charge in [-0.3, -0.25) is 0 Å². The first-order valence-corrected chi connectivity index (χ1v) is 5.23. The molecule has 0 saturated carbocycles. The van der Waals surface area contributed by atoms with E-state index in [1.807, 2.05) is 30.3 Å². The summed E-state index contributed by atoms with van der Waals surface area (Å²) in [7, 11) is 1.98. The van der Waals surface area contributed by atoms with Crippen molar-refractivity contribution < 1.29 is 0 Å². The molecule has 4 nitrogen and oxygen atoms in total. The highest BCUT2D eigenvalue weighted by Gasteiger charge is 2.06. The van der Waals surface area contributed by atoms with Gasteiger partial charge in [0, 0.05) is 24.3 Å². The first kappa shape index (κ1) is 9.45. The molecule has 0 aliphatic rings. The number of fused-ring (bicyclic) bond motifs is 1. The summed E-state index contributed by atoms with van der Waals surface area (Å²) in [5.74, 6) is 0.755. The largest absolute Gasteiger partial charge is 0.343 e. The van der Waals surface area contributed by atoms with Crippen LogP contribution in [-0.4, -0.2) is 28.2 Å². The molecule has 0 unspecified atom stereocenters. The number of aromatic nitrogens is 3. The minimum absolute atomic E-state index is 0.755. The van der Waals surface area contributed by atoms with Gasteiger partial charge in [-0.2, -0.15) is 4.98 Å². The molecule has 0 atom stereocenters. The second kappa shape index (κ2) is 3.57. The molecule has 5 heteroatoms. The van der Waals surface area contributed by atoms with Crippen molar-refractivity contribution in [3.05, 3.63) is 22.8 Å². The summed E-state index contributed by atoms with van der Waals surface area (Å²) in [5, 5.41) is 4.34. The van der Waals surface area contributed by atoms with E-state index in [9.17, 15) is 0 Å². The topological polar surface area (TPSA) is 33.4 Å². The van der Waals surface area contributed by atoms with Crippen LogP contribution in [0, 0.1) is 0 Å². The number of anilines is 1. The van der Waals surface area contributed by atoms with Crippen molar-refractivity contribution in [1.29, 1.82) is 0 Å². The van der Waals surface area contributed by atoms with Crippen molar-refractivity contribution in [2.45, 2.75) is 6.92 Å². The van der Waals surface area contributed by atoms with Gasteiger partial charge in [0.25, 0.3) is 0 Å². The molecule has 0 saturated heterocycles. The zero-order chi connectivity index (χ0) is 10.1. The third kappa shape index (κ3) is 1.59. The number of nitrogens with zero attached hydrogens (tertiary/aromatic N) is 4. The maximum Gasteiger partial charge on any atom is 0.245 e. The van der Waals surface area contributed by atoms with Gasteiger partial charge in [-0.25, -0.2) is 4.52 Å². The maximum atomic E-state index is 4.39. The Hall–Kier alpha value is -1.10. The van der Waals surface area contributed by atoms with E-state index in [0.29, 0.717) is 0 Å². The summed E-state index contributed by atoms with van der Waals surface area (Å²) in [6.45, 7) is 2.97. The molecule has 0 radical (unpaired) electrons. The summed E-state index contributed by atoms with van der Waals surface area (Å²) in [6.07, 6.45) is 1.89. The van der Waals surface area contributed by atoms with Gasteiger partial charge in [0.1, 0.15) is 0 Å². The third-order valence-corrected chi connectivity index (χ3v) is 2.60. The van der Waals surface area contributed by atoms with Crippen LogP contribution < -0.4 is 4.90 Å². The van der Waals surface area contributed by atoms with Crippen molar-refractivity contribution in [3.8, 4) is 0 Å². The van der Waals surface area contributed by atoms with Crippen LogP contribution in [0.1, 0.15) is 6.92 Å². The standard InChI is InChI=1S/C9H11BrN4/c1-3-13(2)9-11-8-6-7(10)4-5-14(8)12-9/h4-6H,3H2,1-2H3. The van der Waals surface area contributed by atoms with E-state index in [1.165, 1.54) is 0 Å². The molecule has 2 rings (SSSR count). The molecule has 0 aromatic carbocycles. The number of hydrogen-bond donors (Lipinski definition) is 0. The minimum atomic E-state index is 0.755. The second-order valence-corrected chi connectivity index (χ2v) is 3.99. The molecule has 0 fully saturated rings. The molecule has 0 N–H and O–H groups in total. The minimum Gasteiger partial charge on any atom is -0.343 e. The van der Waals surface area contributed by atoms with Crippen LogP contribution in [0.15, 0.2) is 22.8 Å². The fraction of sp³-hybridized carbons (Fsp3) is 0.333. The maximum absolute atomic E-state index is 4.39. The lowest BCUT2D eigenvalue weighted by Crippen LogP contribution is -2.17. The van der Waals surface area contributed by atoms with Gasteiger partial charge < -0.3 is 4.90 Å². The Balaban J connectivity index is 2.51. The van der Waals surface area contributed by atoms with Gasteiger partial charge in [-0.15, -0.1) is 5.10 Å². The first-order valence-electron chi connectivity index (χ1n) is 4.44. The molecule has 0 aliphatic heterocycles. The van der Waals surface area contributed by atoms with Crippen LogP contribution in [0.2, 0.25) is 0 Å². The summed E-state index contributed by atoms with van der Waals surface area (Å²) in [4.78, 5) is 6.39. The smallest absolute Gasteiger partial charge is 0.245 e. The molecule has 14 heavy (non-hydrogen) atoms. The molecule has 0 aliphatic carbocycles. The highest BCUT2D eigenvalue weighted by molar-refractivity contribution is 9.10. The molecule has 2 aromatic rings. The summed E-state index contributed by atoms with van der Waals surface area (Å²) < 4.78 is 2.79. The molecule has 0 bridgehead atoms. The van der Waals surface area contributed by atoms with Gasteiger partial charge in [0.15, 0.2) is 5.65 Å². The Labute approximate surface area is 90.7 Å². The Kier molecular flexibility index (Phi) is 2.41. The molecule has 0 amide bonds. The Morgan fingerprint density at radius 3 is 3.07 bits per heavy atom. The highest BCUT2D eigenvalue weighted by atomic mass is 79.9. The highest BCUT2D eigenvalue weighted by Crippen LogP contribution is 2.14. The number of pyridine rings is 1. The predicted molar refractivity (Wildman–Crippen MR) is 59.6 cm³/mol. The predicted octanol–water partition coefficient (Wildman–Crippen LogP) is 1.95. The summed E-state index contributed by atoms with van der Waals surface area (Å²) >= 11 is 3.40. The zero-order valence-corrected chi connectivity index (χ0v) is 9.69. The first-order chi connectivity index (χ1) is 6.70. The Bertz CT molecular complexity index is 451. The second-order valence-electron chi connectivity index (χ2n) is 3.07. The normalized spacial score (nSPS) is 10.8. The van der Waals surface area contributed by atoms with Gasteiger partial charge >= 0.3 is 0 Å². The van der Waals surface area contributed by atoms with E-state index in [4.69, 9.17) is 0 Å². The van der Waals surface area contributed by atoms with Crippen LogP contribution in [0.5, 0.6) is 0 Å². The SMILES string of the molecule is CCN(C)c1nc2cc(Br)ccn2n1. The Morgan fingerprint density at radius 1 is 1.57 bits per heavy atom. The summed E-state index contributed by atoms with van der Waals surface area (Å²) in [5.41, 5.74) is 0.856. The zero-order valence-electron chi connectivity index (χ0n) is 8.11. The third-order valence-electron chi connectivity index (χ3n) is 2.10. The Morgan fingerprint density at radius 2 is 2.36 bits per heavy atom. The molecular weight excluding hydrogens is 244 g/mol. The molecule has 0 spiro atoms. The van der Waals surface area contributed by atoms with Crippen molar-refractivity contribution >= 4 is 27.5 Å².